The molecule has 8 nitrogen and oxygen atoms in total. The van der Waals surface area contributed by atoms with Crippen LogP contribution in [0.25, 0.3) is 16.7 Å². The van der Waals surface area contributed by atoms with Crippen molar-refractivity contribution in [1.29, 1.82) is 0 Å². The van der Waals surface area contributed by atoms with E-state index in [-0.39, 0.29) is 5.97 Å². The molecule has 0 spiro atoms. The zero-order chi connectivity index (χ0) is 24.1. The van der Waals surface area contributed by atoms with Crippen LogP contribution in [0.3, 0.4) is 0 Å². The number of oxazole rings is 1. The monoisotopic (exact) mass is 453 g/mol. The minimum Gasteiger partial charge on any atom is -0.496 e. The van der Waals surface area contributed by atoms with Crippen LogP contribution in [0.15, 0.2) is 45.6 Å². The summed E-state index contributed by atoms with van der Waals surface area (Å²) in [6, 6.07) is 9.08. The van der Waals surface area contributed by atoms with Gasteiger partial charge < -0.3 is 18.6 Å². The van der Waals surface area contributed by atoms with E-state index in [1.807, 2.05) is 31.2 Å². The van der Waals surface area contributed by atoms with Crippen molar-refractivity contribution in [3.8, 4) is 5.75 Å². The van der Waals surface area contributed by atoms with E-state index in [0.29, 0.717) is 41.7 Å². The van der Waals surface area contributed by atoms with Crippen LogP contribution in [0.5, 0.6) is 5.75 Å². The van der Waals surface area contributed by atoms with Gasteiger partial charge in [0.05, 0.1) is 26.8 Å². The maximum absolute atomic E-state index is 12.3. The molecule has 0 fully saturated rings. The molecule has 0 radical (unpaired) electrons. The molecule has 1 aromatic heterocycles. The molecule has 0 saturated carbocycles. The Hall–Kier alpha value is -3.81. The van der Waals surface area contributed by atoms with Crippen LogP contribution in [0, 0.1) is 6.92 Å². The van der Waals surface area contributed by atoms with Gasteiger partial charge in [0.1, 0.15) is 11.3 Å². The molecule has 2 aromatic carbocycles. The highest BCUT2D eigenvalue weighted by molar-refractivity contribution is 5.95. The Bertz CT molecular complexity index is 1280. The van der Waals surface area contributed by atoms with E-state index in [1.54, 1.807) is 19.2 Å². The van der Waals surface area contributed by atoms with Crippen LogP contribution in [-0.2, 0) is 21.3 Å². The number of rotatable bonds is 8. The zero-order valence-electron chi connectivity index (χ0n) is 19.4. The summed E-state index contributed by atoms with van der Waals surface area (Å²) in [7, 11) is 5.82. The number of aryl methyl sites for hydroxylation is 2. The Balaban J connectivity index is 2.14. The largest absolute Gasteiger partial charge is 0.496 e. The fourth-order valence-electron chi connectivity index (χ4n) is 3.69. The number of methoxy groups -OCH3 is 3. The molecule has 0 unspecified atom stereocenters. The summed E-state index contributed by atoms with van der Waals surface area (Å²) in [6.07, 6.45) is 3.50. The summed E-state index contributed by atoms with van der Waals surface area (Å²) in [4.78, 5) is 35.9. The van der Waals surface area contributed by atoms with Gasteiger partial charge >= 0.3 is 17.7 Å². The molecule has 3 rings (SSSR count). The van der Waals surface area contributed by atoms with Gasteiger partial charge in [-0.25, -0.2) is 9.59 Å². The van der Waals surface area contributed by atoms with Crippen molar-refractivity contribution in [2.75, 3.05) is 21.3 Å². The first-order chi connectivity index (χ1) is 15.8. The van der Waals surface area contributed by atoms with E-state index in [1.165, 1.54) is 25.9 Å². The molecule has 0 amide bonds. The summed E-state index contributed by atoms with van der Waals surface area (Å²) in [5.74, 6) is -0.818. The maximum Gasteiger partial charge on any atom is 0.419 e. The second kappa shape index (κ2) is 10.2. The van der Waals surface area contributed by atoms with Crippen molar-refractivity contribution in [3.05, 3.63) is 69.2 Å². The van der Waals surface area contributed by atoms with Crippen molar-refractivity contribution >= 4 is 28.6 Å². The summed E-state index contributed by atoms with van der Waals surface area (Å²) in [5, 5.41) is 0. The Morgan fingerprint density at radius 1 is 1.06 bits per heavy atom. The number of benzene rings is 2. The van der Waals surface area contributed by atoms with Gasteiger partial charge in [-0.15, -0.1) is 0 Å². The van der Waals surface area contributed by atoms with Crippen molar-refractivity contribution in [2.24, 2.45) is 7.05 Å². The molecule has 0 atom stereocenters. The highest BCUT2D eigenvalue weighted by Gasteiger charge is 2.18. The minimum absolute atomic E-state index is 0.270. The first-order valence-corrected chi connectivity index (χ1v) is 10.4. The van der Waals surface area contributed by atoms with Crippen molar-refractivity contribution in [1.82, 2.24) is 4.57 Å². The van der Waals surface area contributed by atoms with Crippen LogP contribution in [0.4, 0.5) is 0 Å². The molecule has 0 aliphatic heterocycles. The van der Waals surface area contributed by atoms with Crippen molar-refractivity contribution in [2.45, 2.75) is 26.2 Å². The lowest BCUT2D eigenvalue weighted by molar-refractivity contribution is -0.140. The summed E-state index contributed by atoms with van der Waals surface area (Å²) >= 11 is 0. The third-order valence-electron chi connectivity index (χ3n) is 5.47. The summed E-state index contributed by atoms with van der Waals surface area (Å²) < 4.78 is 21.8. The number of allylic oxidation sites excluding steroid dienone is 1. The third-order valence-corrected chi connectivity index (χ3v) is 5.47. The fraction of sp³-hybridized carbons (Fsp3) is 0.320. The molecular formula is C25H27NO7. The SMILES string of the molecule is COC(=O)CCC/C=C(/c1ccc(OC)c(C(=O)OC)c1)c1cc(C)c2oc(=O)n(C)c2c1. The van der Waals surface area contributed by atoms with Gasteiger partial charge in [0.25, 0.3) is 0 Å². The molecule has 3 aromatic rings. The lowest BCUT2D eigenvalue weighted by atomic mass is 9.93. The molecule has 0 aliphatic rings. The molecule has 0 aliphatic carbocycles. The van der Waals surface area contributed by atoms with Gasteiger partial charge in [0.2, 0.25) is 0 Å². The number of carbonyl (C=O) groups is 2. The normalized spacial score (nSPS) is 11.5. The predicted molar refractivity (Wildman–Crippen MR) is 123 cm³/mol. The Labute approximate surface area is 191 Å². The number of esters is 2. The number of ether oxygens (including phenoxy) is 3. The second-order valence-corrected chi connectivity index (χ2v) is 7.56. The second-order valence-electron chi connectivity index (χ2n) is 7.56. The van der Waals surface area contributed by atoms with Crippen LogP contribution >= 0.6 is 0 Å². The van der Waals surface area contributed by atoms with E-state index in [9.17, 15) is 14.4 Å². The van der Waals surface area contributed by atoms with Crippen LogP contribution in [0.1, 0.15) is 46.3 Å². The highest BCUT2D eigenvalue weighted by Crippen LogP contribution is 2.32. The molecule has 0 bridgehead atoms. The predicted octanol–water partition coefficient (Wildman–Crippen LogP) is 4.01. The van der Waals surface area contributed by atoms with Crippen molar-refractivity contribution in [3.63, 3.8) is 0 Å². The number of hydrogen-bond donors (Lipinski definition) is 0. The smallest absolute Gasteiger partial charge is 0.419 e. The molecule has 174 valence electrons. The van der Waals surface area contributed by atoms with Crippen molar-refractivity contribution < 1.29 is 28.2 Å². The van der Waals surface area contributed by atoms with Gasteiger partial charge in [0, 0.05) is 13.5 Å². The van der Waals surface area contributed by atoms with Crippen LogP contribution in [0.2, 0.25) is 0 Å². The van der Waals surface area contributed by atoms with Gasteiger partial charge in [-0.2, -0.15) is 0 Å². The Morgan fingerprint density at radius 3 is 2.48 bits per heavy atom. The molecule has 33 heavy (non-hydrogen) atoms. The van der Waals surface area contributed by atoms with Crippen LogP contribution in [-0.4, -0.2) is 37.8 Å². The lowest BCUT2D eigenvalue weighted by Crippen LogP contribution is -2.08. The summed E-state index contributed by atoms with van der Waals surface area (Å²) in [6.45, 7) is 1.87. The van der Waals surface area contributed by atoms with E-state index >= 15 is 0 Å². The number of nitrogens with zero attached hydrogens (tertiary/aromatic N) is 1. The van der Waals surface area contributed by atoms with Gasteiger partial charge in [-0.3, -0.25) is 9.36 Å². The standard InChI is InChI=1S/C25H27NO7/c1-15-12-17(14-20-23(15)33-25(29)26(20)2)18(8-6-7-9-22(27)31-4)16-10-11-21(30-3)19(13-16)24(28)32-5/h8,10-14H,6-7,9H2,1-5H3/b18-8-. The lowest BCUT2D eigenvalue weighted by Gasteiger charge is -2.14. The molecule has 0 saturated heterocycles. The number of fused-ring (bicyclic) bond motifs is 1. The average molecular weight is 453 g/mol. The minimum atomic E-state index is -0.511. The van der Waals surface area contributed by atoms with Gasteiger partial charge in [-0.05, 0) is 66.3 Å². The first kappa shape index (κ1) is 23.8. The van der Waals surface area contributed by atoms with E-state index in [4.69, 9.17) is 18.6 Å². The third kappa shape index (κ3) is 5.00. The topological polar surface area (TPSA) is 97.0 Å². The number of aromatic nitrogens is 1. The van der Waals surface area contributed by atoms with E-state index < -0.39 is 11.7 Å². The maximum atomic E-state index is 12.3. The molecule has 0 N–H and O–H groups in total. The summed E-state index contributed by atoms with van der Waals surface area (Å²) in [5.41, 5.74) is 4.75. The highest BCUT2D eigenvalue weighted by atomic mass is 16.5. The number of carbonyl (C=O) groups excluding carboxylic acids is 2. The zero-order valence-corrected chi connectivity index (χ0v) is 19.4. The quantitative estimate of drug-likeness (QED) is 0.375. The number of hydrogen-bond acceptors (Lipinski definition) is 7. The molecule has 8 heteroatoms. The average Bonchev–Trinajstić information content (AvgIpc) is 3.12. The van der Waals surface area contributed by atoms with Gasteiger partial charge in [0.15, 0.2) is 5.58 Å². The Kier molecular flexibility index (Phi) is 7.37. The first-order valence-electron chi connectivity index (χ1n) is 10.4. The Morgan fingerprint density at radius 2 is 1.82 bits per heavy atom. The van der Waals surface area contributed by atoms with E-state index in [2.05, 4.69) is 0 Å². The van der Waals surface area contributed by atoms with Gasteiger partial charge in [-0.1, -0.05) is 12.1 Å². The molecule has 1 heterocycles. The van der Waals surface area contributed by atoms with E-state index in [0.717, 1.165) is 22.3 Å². The van der Waals surface area contributed by atoms with Crippen LogP contribution < -0.4 is 10.5 Å². The fourth-order valence-corrected chi connectivity index (χ4v) is 3.69. The molecular weight excluding hydrogens is 426 g/mol. The number of unbranched alkanes of at least 4 members (excludes halogenated alkanes) is 1.